The molecule has 1 saturated heterocycles. The van der Waals surface area contributed by atoms with Crippen LogP contribution in [0.3, 0.4) is 0 Å². The van der Waals surface area contributed by atoms with Crippen LogP contribution in [0, 0.1) is 0 Å². The van der Waals surface area contributed by atoms with Crippen LogP contribution in [0.5, 0.6) is 0 Å². The van der Waals surface area contributed by atoms with Crippen molar-refractivity contribution >= 4 is 57.6 Å². The molecule has 0 radical (unpaired) electrons. The molecule has 0 bridgehead atoms. The van der Waals surface area contributed by atoms with Crippen molar-refractivity contribution in [1.82, 2.24) is 4.98 Å². The molecule has 0 atom stereocenters. The largest absolute Gasteiger partial charge is 0.270 e. The number of carbonyl (C=O) groups is 1. The first-order chi connectivity index (χ1) is 10.2. The zero-order chi connectivity index (χ0) is 14.8. The number of aromatic nitrogens is 1. The van der Waals surface area contributed by atoms with Gasteiger partial charge in [-0.3, -0.25) is 14.7 Å². The molecular weight excluding hydrogens is 324 g/mol. The molecule has 0 unspecified atom stereocenters. The lowest BCUT2D eigenvalue weighted by Gasteiger charge is -2.15. The van der Waals surface area contributed by atoms with Crippen molar-refractivity contribution in [3.05, 3.63) is 64.3 Å². The fraction of sp³-hybridized carbons (Fsp3) is 0. The van der Waals surface area contributed by atoms with Crippen LogP contribution in [-0.2, 0) is 4.79 Å². The summed E-state index contributed by atoms with van der Waals surface area (Å²) in [6.07, 6.45) is 3.41. The Hall–Kier alpha value is -1.69. The highest BCUT2D eigenvalue weighted by Crippen LogP contribution is 2.38. The van der Waals surface area contributed by atoms with Gasteiger partial charge in [0.15, 0.2) is 4.32 Å². The maximum absolute atomic E-state index is 12.5. The number of thioether (sulfide) groups is 1. The summed E-state index contributed by atoms with van der Waals surface area (Å²) in [6, 6.07) is 12.7. The highest BCUT2D eigenvalue weighted by molar-refractivity contribution is 8.27. The standard InChI is InChI=1S/C15H9ClN2OS2/c16-11-6-1-2-7-12(11)18-14(19)13(21-15(18)20)9-10-5-3-4-8-17-10/h1-9H/b13-9-. The predicted molar refractivity (Wildman–Crippen MR) is 91.3 cm³/mol. The molecule has 0 N–H and O–H groups in total. The average Bonchev–Trinajstić information content (AvgIpc) is 2.76. The molecule has 2 aromatic rings. The van der Waals surface area contributed by atoms with E-state index in [-0.39, 0.29) is 5.91 Å². The van der Waals surface area contributed by atoms with Gasteiger partial charge in [0.1, 0.15) is 0 Å². The number of thiocarbonyl (C=S) groups is 1. The zero-order valence-corrected chi connectivity index (χ0v) is 13.1. The third-order valence-corrected chi connectivity index (χ3v) is 4.48. The minimum Gasteiger partial charge on any atom is -0.268 e. The summed E-state index contributed by atoms with van der Waals surface area (Å²) >= 11 is 12.7. The van der Waals surface area contributed by atoms with Gasteiger partial charge in [-0.15, -0.1) is 0 Å². The van der Waals surface area contributed by atoms with Gasteiger partial charge in [-0.1, -0.05) is 53.8 Å². The number of amides is 1. The second-order valence-electron chi connectivity index (χ2n) is 4.22. The molecule has 0 spiro atoms. The van der Waals surface area contributed by atoms with E-state index in [9.17, 15) is 4.79 Å². The first kappa shape index (κ1) is 14.3. The quantitative estimate of drug-likeness (QED) is 0.611. The highest BCUT2D eigenvalue weighted by atomic mass is 35.5. The molecule has 21 heavy (non-hydrogen) atoms. The number of nitrogens with zero attached hydrogens (tertiary/aromatic N) is 2. The van der Waals surface area contributed by atoms with Crippen molar-refractivity contribution in [3.8, 4) is 0 Å². The number of halogens is 1. The van der Waals surface area contributed by atoms with Crippen LogP contribution in [0.2, 0.25) is 5.02 Å². The molecule has 2 heterocycles. The summed E-state index contributed by atoms with van der Waals surface area (Å²) in [6.45, 7) is 0. The lowest BCUT2D eigenvalue weighted by molar-refractivity contribution is -0.113. The van der Waals surface area contributed by atoms with Crippen LogP contribution in [0.15, 0.2) is 53.6 Å². The third kappa shape index (κ3) is 2.85. The summed E-state index contributed by atoms with van der Waals surface area (Å²) in [5.41, 5.74) is 1.32. The Kier molecular flexibility index (Phi) is 4.05. The van der Waals surface area contributed by atoms with Gasteiger partial charge in [0.25, 0.3) is 5.91 Å². The van der Waals surface area contributed by atoms with E-state index in [1.54, 1.807) is 24.4 Å². The molecule has 6 heteroatoms. The fourth-order valence-corrected chi connectivity index (χ4v) is 3.39. The monoisotopic (exact) mass is 332 g/mol. The zero-order valence-electron chi connectivity index (χ0n) is 10.7. The number of benzene rings is 1. The number of hydrogen-bond donors (Lipinski definition) is 0. The van der Waals surface area contributed by atoms with Gasteiger partial charge in [0.05, 0.1) is 21.3 Å². The summed E-state index contributed by atoms with van der Waals surface area (Å²) in [7, 11) is 0. The lowest BCUT2D eigenvalue weighted by Crippen LogP contribution is -2.27. The summed E-state index contributed by atoms with van der Waals surface area (Å²) in [5, 5.41) is 0.493. The predicted octanol–water partition coefficient (Wildman–Crippen LogP) is 4.14. The van der Waals surface area contributed by atoms with E-state index in [4.69, 9.17) is 23.8 Å². The molecule has 0 aliphatic carbocycles. The van der Waals surface area contributed by atoms with Crippen LogP contribution >= 0.6 is 35.6 Å². The van der Waals surface area contributed by atoms with Crippen molar-refractivity contribution in [3.63, 3.8) is 0 Å². The normalized spacial score (nSPS) is 16.8. The van der Waals surface area contributed by atoms with Crippen LogP contribution in [-0.4, -0.2) is 15.2 Å². The molecule has 3 rings (SSSR count). The van der Waals surface area contributed by atoms with E-state index < -0.39 is 0 Å². The lowest BCUT2D eigenvalue weighted by atomic mass is 10.2. The van der Waals surface area contributed by atoms with Crippen LogP contribution < -0.4 is 4.90 Å². The van der Waals surface area contributed by atoms with E-state index in [2.05, 4.69) is 4.98 Å². The molecule has 1 aromatic heterocycles. The molecular formula is C15H9ClN2OS2. The molecule has 1 aromatic carbocycles. The second kappa shape index (κ2) is 5.97. The Bertz CT molecular complexity index is 746. The van der Waals surface area contributed by atoms with E-state index in [1.165, 1.54) is 16.7 Å². The van der Waals surface area contributed by atoms with Crippen molar-refractivity contribution in [2.24, 2.45) is 0 Å². The average molecular weight is 333 g/mol. The van der Waals surface area contributed by atoms with Gasteiger partial charge < -0.3 is 0 Å². The number of rotatable bonds is 2. The Balaban J connectivity index is 1.97. The van der Waals surface area contributed by atoms with Gasteiger partial charge in [-0.25, -0.2) is 0 Å². The van der Waals surface area contributed by atoms with Crippen molar-refractivity contribution in [2.45, 2.75) is 0 Å². The number of para-hydroxylation sites is 1. The summed E-state index contributed by atoms with van der Waals surface area (Å²) in [5.74, 6) is -0.177. The Morgan fingerprint density at radius 3 is 2.67 bits per heavy atom. The minimum absolute atomic E-state index is 0.177. The number of anilines is 1. The minimum atomic E-state index is -0.177. The first-order valence-electron chi connectivity index (χ1n) is 6.10. The van der Waals surface area contributed by atoms with Gasteiger partial charge in [-0.2, -0.15) is 0 Å². The first-order valence-corrected chi connectivity index (χ1v) is 7.70. The Morgan fingerprint density at radius 2 is 1.95 bits per heavy atom. The molecule has 1 fully saturated rings. The highest BCUT2D eigenvalue weighted by Gasteiger charge is 2.34. The van der Waals surface area contributed by atoms with Crippen LogP contribution in [0.25, 0.3) is 6.08 Å². The molecule has 104 valence electrons. The van der Waals surface area contributed by atoms with E-state index in [1.807, 2.05) is 30.3 Å². The van der Waals surface area contributed by atoms with Crippen LogP contribution in [0.4, 0.5) is 5.69 Å². The molecule has 1 aliphatic heterocycles. The van der Waals surface area contributed by atoms with Gasteiger partial charge in [-0.05, 0) is 30.3 Å². The maximum atomic E-state index is 12.5. The van der Waals surface area contributed by atoms with Crippen molar-refractivity contribution in [2.75, 3.05) is 4.90 Å². The van der Waals surface area contributed by atoms with Gasteiger partial charge in [0.2, 0.25) is 0 Å². The summed E-state index contributed by atoms with van der Waals surface area (Å²) in [4.78, 5) is 18.7. The van der Waals surface area contributed by atoms with Crippen LogP contribution in [0.1, 0.15) is 5.69 Å². The topological polar surface area (TPSA) is 33.2 Å². The molecule has 1 aliphatic rings. The molecule has 3 nitrogen and oxygen atoms in total. The van der Waals surface area contributed by atoms with E-state index in [0.717, 1.165) is 5.69 Å². The molecule has 0 saturated carbocycles. The molecule has 1 amide bonds. The SMILES string of the molecule is O=C1/C(=C/c2ccccn2)SC(=S)N1c1ccccc1Cl. The van der Waals surface area contributed by atoms with Gasteiger partial charge in [0, 0.05) is 6.20 Å². The number of pyridine rings is 1. The van der Waals surface area contributed by atoms with Crippen molar-refractivity contribution < 1.29 is 4.79 Å². The third-order valence-electron chi connectivity index (χ3n) is 2.85. The van der Waals surface area contributed by atoms with Crippen molar-refractivity contribution in [1.29, 1.82) is 0 Å². The second-order valence-corrected chi connectivity index (χ2v) is 6.31. The van der Waals surface area contributed by atoms with E-state index >= 15 is 0 Å². The summed E-state index contributed by atoms with van der Waals surface area (Å²) < 4.78 is 0.468. The Morgan fingerprint density at radius 1 is 1.19 bits per heavy atom. The fourth-order valence-electron chi connectivity index (χ4n) is 1.90. The number of carbonyl (C=O) groups excluding carboxylic acids is 1. The van der Waals surface area contributed by atoms with E-state index in [0.29, 0.717) is 19.9 Å². The number of hydrogen-bond acceptors (Lipinski definition) is 4. The van der Waals surface area contributed by atoms with Gasteiger partial charge >= 0.3 is 0 Å². The smallest absolute Gasteiger partial charge is 0.268 e. The maximum Gasteiger partial charge on any atom is 0.270 e. The Labute approximate surface area is 136 Å².